The van der Waals surface area contributed by atoms with Crippen molar-refractivity contribution in [3.63, 3.8) is 0 Å². The molecule has 4 aromatic rings. The summed E-state index contributed by atoms with van der Waals surface area (Å²) < 4.78 is 45.6. The van der Waals surface area contributed by atoms with Gasteiger partial charge in [-0.1, -0.05) is 35.0 Å². The molecule has 0 radical (unpaired) electrons. The van der Waals surface area contributed by atoms with Crippen molar-refractivity contribution in [3.05, 3.63) is 58.4 Å². The van der Waals surface area contributed by atoms with Gasteiger partial charge in [-0.25, -0.2) is 4.98 Å². The standard InChI is InChI=1S/C21H16ClF3N4O2/c1-10-4-11(15-5-12(15)9-30)2-3-14(10)18-27-20(31-28-18)17-8-29-7-13(21(23,24)25)6-16(22)19(29)26-17/h2-4,6-8,12,15,30H,5,9H2,1H3. The van der Waals surface area contributed by atoms with Crippen LogP contribution in [0.3, 0.4) is 0 Å². The maximum atomic E-state index is 13.0. The molecule has 160 valence electrons. The summed E-state index contributed by atoms with van der Waals surface area (Å²) in [6.07, 6.45) is -1.27. The molecule has 2 unspecified atom stereocenters. The van der Waals surface area contributed by atoms with Gasteiger partial charge in [0.15, 0.2) is 5.65 Å². The van der Waals surface area contributed by atoms with E-state index in [0.717, 1.165) is 29.8 Å². The topological polar surface area (TPSA) is 76.5 Å². The fourth-order valence-electron chi connectivity index (χ4n) is 3.78. The lowest BCUT2D eigenvalue weighted by Gasteiger charge is -2.07. The molecule has 3 aromatic heterocycles. The Morgan fingerprint density at radius 2 is 2.03 bits per heavy atom. The van der Waals surface area contributed by atoms with Crippen molar-refractivity contribution in [3.8, 4) is 23.0 Å². The highest BCUT2D eigenvalue weighted by atomic mass is 35.5. The van der Waals surface area contributed by atoms with E-state index in [1.54, 1.807) is 0 Å². The van der Waals surface area contributed by atoms with Crippen LogP contribution in [-0.2, 0) is 6.18 Å². The number of aryl methyl sites for hydroxylation is 1. The molecule has 0 aliphatic heterocycles. The fraction of sp³-hybridized carbons (Fsp3) is 0.286. The van der Waals surface area contributed by atoms with Gasteiger partial charge in [-0.05, 0) is 42.4 Å². The van der Waals surface area contributed by atoms with Gasteiger partial charge in [0.1, 0.15) is 5.69 Å². The van der Waals surface area contributed by atoms with Crippen molar-refractivity contribution >= 4 is 17.2 Å². The minimum atomic E-state index is -4.53. The van der Waals surface area contributed by atoms with Gasteiger partial charge in [-0.15, -0.1) is 0 Å². The zero-order chi connectivity index (χ0) is 21.9. The fourth-order valence-corrected chi connectivity index (χ4v) is 4.04. The Labute approximate surface area is 179 Å². The molecule has 3 heterocycles. The number of nitrogens with zero attached hydrogens (tertiary/aromatic N) is 4. The second-order valence-corrected chi connectivity index (χ2v) is 8.12. The first-order chi connectivity index (χ1) is 14.7. The van der Waals surface area contributed by atoms with Gasteiger partial charge < -0.3 is 14.0 Å². The predicted octanol–water partition coefficient (Wildman–Crippen LogP) is 5.13. The van der Waals surface area contributed by atoms with Gasteiger partial charge in [-0.2, -0.15) is 18.2 Å². The largest absolute Gasteiger partial charge is 0.417 e. The van der Waals surface area contributed by atoms with Crippen LogP contribution in [0.2, 0.25) is 5.02 Å². The molecule has 2 atom stereocenters. The number of hydrogen-bond donors (Lipinski definition) is 1. The van der Waals surface area contributed by atoms with Crippen LogP contribution in [0.25, 0.3) is 28.6 Å². The van der Waals surface area contributed by atoms with Crippen LogP contribution in [0.5, 0.6) is 0 Å². The molecule has 10 heteroatoms. The number of imidazole rings is 1. The second kappa shape index (κ2) is 7.06. The highest BCUT2D eigenvalue weighted by Gasteiger charge is 2.37. The number of rotatable bonds is 4. The van der Waals surface area contributed by atoms with Crippen LogP contribution in [0.1, 0.15) is 29.0 Å². The highest BCUT2D eigenvalue weighted by molar-refractivity contribution is 6.33. The Kier molecular flexibility index (Phi) is 4.56. The first-order valence-corrected chi connectivity index (χ1v) is 9.93. The van der Waals surface area contributed by atoms with E-state index in [1.165, 1.54) is 16.2 Å². The van der Waals surface area contributed by atoms with Crippen molar-refractivity contribution in [2.24, 2.45) is 5.92 Å². The molecule has 5 rings (SSSR count). The third-order valence-electron chi connectivity index (χ3n) is 5.56. The Bertz CT molecular complexity index is 1300. The molecule has 1 fully saturated rings. The van der Waals surface area contributed by atoms with Gasteiger partial charge in [0, 0.05) is 24.6 Å². The maximum Gasteiger partial charge on any atom is 0.417 e. The molecule has 0 spiro atoms. The van der Waals surface area contributed by atoms with Crippen molar-refractivity contribution in [2.75, 3.05) is 6.61 Å². The highest BCUT2D eigenvalue weighted by Crippen LogP contribution is 2.47. The molecule has 1 aromatic carbocycles. The van der Waals surface area contributed by atoms with Gasteiger partial charge in [0.25, 0.3) is 5.89 Å². The minimum Gasteiger partial charge on any atom is -0.396 e. The lowest BCUT2D eigenvalue weighted by Crippen LogP contribution is -2.06. The van der Waals surface area contributed by atoms with E-state index in [0.29, 0.717) is 17.7 Å². The minimum absolute atomic E-state index is 0.0781. The molecule has 31 heavy (non-hydrogen) atoms. The number of alkyl halides is 3. The number of fused-ring (bicyclic) bond motifs is 1. The Morgan fingerprint density at radius 1 is 1.23 bits per heavy atom. The molecule has 0 amide bonds. The molecule has 0 bridgehead atoms. The quantitative estimate of drug-likeness (QED) is 0.468. The molecule has 6 nitrogen and oxygen atoms in total. The van der Waals surface area contributed by atoms with Crippen molar-refractivity contribution in [1.29, 1.82) is 0 Å². The van der Waals surface area contributed by atoms with Gasteiger partial charge in [0.2, 0.25) is 5.82 Å². The Hall–Kier alpha value is -2.91. The van der Waals surface area contributed by atoms with Crippen LogP contribution in [0.15, 0.2) is 41.2 Å². The summed E-state index contributed by atoms with van der Waals surface area (Å²) in [7, 11) is 0. The third kappa shape index (κ3) is 3.57. The van der Waals surface area contributed by atoms with E-state index in [9.17, 15) is 18.3 Å². The molecule has 0 saturated heterocycles. The summed E-state index contributed by atoms with van der Waals surface area (Å²) in [4.78, 5) is 8.61. The SMILES string of the molecule is Cc1cc(C2CC2CO)ccc1-c1noc(-c2cn3cc(C(F)(F)F)cc(Cl)c3n2)n1. The number of aliphatic hydroxyl groups excluding tert-OH is 1. The van der Waals surface area contributed by atoms with Crippen LogP contribution >= 0.6 is 11.6 Å². The normalized spacial score (nSPS) is 18.6. The average Bonchev–Trinajstić information content (AvgIpc) is 3.12. The monoisotopic (exact) mass is 448 g/mol. The first-order valence-electron chi connectivity index (χ1n) is 9.56. The smallest absolute Gasteiger partial charge is 0.396 e. The van der Waals surface area contributed by atoms with Crippen LogP contribution in [0, 0.1) is 12.8 Å². The molecular weight excluding hydrogens is 433 g/mol. The van der Waals surface area contributed by atoms with Gasteiger partial charge >= 0.3 is 6.18 Å². The number of halogens is 4. The van der Waals surface area contributed by atoms with Crippen LogP contribution < -0.4 is 0 Å². The number of aromatic nitrogens is 4. The van der Waals surface area contributed by atoms with Crippen LogP contribution in [0.4, 0.5) is 13.2 Å². The number of benzene rings is 1. The first kappa shape index (κ1) is 20.0. The molecule has 1 aliphatic carbocycles. The summed E-state index contributed by atoms with van der Waals surface area (Å²) in [5.74, 6) is 1.13. The molecule has 1 aliphatic rings. The molecule has 1 N–H and O–H groups in total. The predicted molar refractivity (Wildman–Crippen MR) is 107 cm³/mol. The zero-order valence-corrected chi connectivity index (χ0v) is 16.9. The summed E-state index contributed by atoms with van der Waals surface area (Å²) in [6, 6.07) is 6.78. The van der Waals surface area contributed by atoms with Gasteiger partial charge in [0.05, 0.1) is 10.6 Å². The second-order valence-electron chi connectivity index (χ2n) is 7.71. The summed E-state index contributed by atoms with van der Waals surface area (Å²) in [6.45, 7) is 2.13. The van der Waals surface area contributed by atoms with Gasteiger partial charge in [-0.3, -0.25) is 0 Å². The maximum absolute atomic E-state index is 13.0. The average molecular weight is 449 g/mol. The van der Waals surface area contributed by atoms with Crippen molar-refractivity contribution < 1.29 is 22.8 Å². The zero-order valence-electron chi connectivity index (χ0n) is 16.2. The number of pyridine rings is 1. The van der Waals surface area contributed by atoms with E-state index < -0.39 is 11.7 Å². The van der Waals surface area contributed by atoms with E-state index in [1.807, 2.05) is 19.1 Å². The van der Waals surface area contributed by atoms with E-state index in [2.05, 4.69) is 21.2 Å². The third-order valence-corrected chi connectivity index (χ3v) is 5.83. The lowest BCUT2D eigenvalue weighted by atomic mass is 10.0. The summed E-state index contributed by atoms with van der Waals surface area (Å²) >= 11 is 5.99. The molecular formula is C21H16ClF3N4O2. The summed E-state index contributed by atoms with van der Waals surface area (Å²) in [5, 5.41) is 13.1. The van der Waals surface area contributed by atoms with Crippen LogP contribution in [-0.4, -0.2) is 31.2 Å². The summed E-state index contributed by atoms with van der Waals surface area (Å²) in [5.41, 5.74) is 2.41. The Morgan fingerprint density at radius 3 is 2.71 bits per heavy atom. The van der Waals surface area contributed by atoms with E-state index in [-0.39, 0.29) is 28.9 Å². The van der Waals surface area contributed by atoms with Crippen molar-refractivity contribution in [2.45, 2.75) is 25.4 Å². The Balaban J connectivity index is 1.47. The number of aliphatic hydroxyl groups is 1. The number of hydrogen-bond acceptors (Lipinski definition) is 5. The molecule has 1 saturated carbocycles. The lowest BCUT2D eigenvalue weighted by molar-refractivity contribution is -0.137. The van der Waals surface area contributed by atoms with E-state index in [4.69, 9.17) is 16.1 Å². The van der Waals surface area contributed by atoms with Crippen molar-refractivity contribution in [1.82, 2.24) is 19.5 Å². The van der Waals surface area contributed by atoms with E-state index >= 15 is 0 Å².